The summed E-state index contributed by atoms with van der Waals surface area (Å²) in [5, 5.41) is 1.19. The number of esters is 3. The van der Waals surface area contributed by atoms with Crippen LogP contribution in [0, 0.1) is 5.92 Å². The zero-order valence-corrected chi connectivity index (χ0v) is 52.8. The molecule has 2 heterocycles. The molecule has 0 bridgehead atoms. The van der Waals surface area contributed by atoms with Crippen LogP contribution in [0.2, 0.25) is 0 Å². The molecule has 0 fully saturated rings. The molecule has 2 unspecified atom stereocenters. The van der Waals surface area contributed by atoms with Gasteiger partial charge in [0.15, 0.2) is 6.10 Å². The minimum atomic E-state index is -0.870. The summed E-state index contributed by atoms with van der Waals surface area (Å²) in [6, 6.07) is 6.64. The van der Waals surface area contributed by atoms with Crippen LogP contribution < -0.4 is 0 Å². The summed E-state index contributed by atoms with van der Waals surface area (Å²) < 4.78 is 19.8. The van der Waals surface area contributed by atoms with Crippen molar-refractivity contribution < 1.29 is 38.2 Å². The highest BCUT2D eigenvalue weighted by molar-refractivity contribution is 9.10. The van der Waals surface area contributed by atoms with Gasteiger partial charge in [-0.2, -0.15) is 0 Å². The average Bonchev–Trinajstić information content (AvgIpc) is 4.01. The van der Waals surface area contributed by atoms with Crippen molar-refractivity contribution in [1.82, 2.24) is 14.4 Å². The maximum absolute atomic E-state index is 13.8. The minimum Gasteiger partial charge on any atom is -0.462 e. The smallest absolute Gasteiger partial charge is 0.306 e. The van der Waals surface area contributed by atoms with E-state index in [4.69, 9.17) is 14.2 Å². The Hall–Kier alpha value is -4.03. The first-order valence-corrected chi connectivity index (χ1v) is 33.0. The summed E-state index contributed by atoms with van der Waals surface area (Å²) in [4.78, 5) is 66.7. The van der Waals surface area contributed by atoms with Gasteiger partial charge in [-0.05, 0) is 149 Å². The number of carbonyl (C=O) groups excluding carboxylic acids is 5. The Kier molecular flexibility index (Phi) is 39.1. The number of ether oxygens (including phenoxy) is 3. The molecule has 1 aliphatic heterocycles. The number of amides is 1. The number of hydrogen-bond acceptors (Lipinski definition) is 9. The van der Waals surface area contributed by atoms with E-state index in [0.717, 1.165) is 126 Å². The van der Waals surface area contributed by atoms with Crippen molar-refractivity contribution >= 4 is 62.6 Å². The summed E-state index contributed by atoms with van der Waals surface area (Å²) in [5.74, 6) is -0.970. The minimum absolute atomic E-state index is 0.0200. The fourth-order valence-corrected chi connectivity index (χ4v) is 11.7. The Labute approximate surface area is 494 Å². The molecule has 1 amide bonds. The molecule has 1 aliphatic carbocycles. The molecular weight excluding hydrogens is 1070 g/mol. The van der Waals surface area contributed by atoms with Crippen molar-refractivity contribution in [3.8, 4) is 0 Å². The van der Waals surface area contributed by atoms with Crippen LogP contribution in [-0.4, -0.2) is 96.6 Å². The third-order valence-corrected chi connectivity index (χ3v) is 16.8. The molecule has 0 spiro atoms. The number of nitrogens with zero attached hydrogens (tertiary/aromatic N) is 3. The Morgan fingerprint density at radius 2 is 1.14 bits per heavy atom. The predicted octanol–water partition coefficient (Wildman–Crippen LogP) is 17.8. The molecule has 2 aliphatic rings. The van der Waals surface area contributed by atoms with E-state index in [-0.39, 0.29) is 43.4 Å². The third-order valence-electron chi connectivity index (χ3n) is 16.0. The SMILES string of the molecule is CCCCCCCC/C=C\CCCCCCCC(=O)OCC(COC(=O)CCCCCCC/C=C\CCCCCCCC)OC(=O)CC(C)CCCCC(=O)n1c(Br)c2c3c(cccc31)C1=CCCN(C)C1C2.CCN(C=O)CC. The highest BCUT2D eigenvalue weighted by Crippen LogP contribution is 2.44. The molecule has 0 saturated heterocycles. The van der Waals surface area contributed by atoms with Crippen molar-refractivity contribution in [2.75, 3.05) is 39.9 Å². The van der Waals surface area contributed by atoms with Gasteiger partial charge in [0.1, 0.15) is 13.2 Å². The van der Waals surface area contributed by atoms with Crippen molar-refractivity contribution in [3.63, 3.8) is 0 Å². The topological polar surface area (TPSA) is 124 Å². The van der Waals surface area contributed by atoms with E-state index in [1.54, 1.807) is 4.90 Å². The largest absolute Gasteiger partial charge is 0.462 e. The van der Waals surface area contributed by atoms with Gasteiger partial charge in [-0.15, -0.1) is 0 Å². The van der Waals surface area contributed by atoms with E-state index in [1.807, 2.05) is 25.3 Å². The van der Waals surface area contributed by atoms with Crippen molar-refractivity contribution in [2.45, 2.75) is 271 Å². The van der Waals surface area contributed by atoms with Gasteiger partial charge < -0.3 is 19.1 Å². The van der Waals surface area contributed by atoms with E-state index in [0.29, 0.717) is 31.7 Å². The lowest BCUT2D eigenvalue weighted by atomic mass is 9.82. The number of hydrogen-bond donors (Lipinski definition) is 0. The Balaban J connectivity index is 0.00000224. The maximum atomic E-state index is 13.8. The number of unbranched alkanes of at least 4 members (excludes halogenated alkanes) is 23. The molecule has 0 N–H and O–H groups in total. The van der Waals surface area contributed by atoms with Gasteiger partial charge in [-0.3, -0.25) is 33.4 Å². The van der Waals surface area contributed by atoms with Crippen LogP contribution in [0.1, 0.15) is 269 Å². The molecule has 11 nitrogen and oxygen atoms in total. The van der Waals surface area contributed by atoms with Crippen LogP contribution in [0.25, 0.3) is 16.5 Å². The van der Waals surface area contributed by atoms with Gasteiger partial charge in [0, 0.05) is 56.7 Å². The van der Waals surface area contributed by atoms with Crippen LogP contribution in [0.5, 0.6) is 0 Å². The highest BCUT2D eigenvalue weighted by atomic mass is 79.9. The molecule has 0 radical (unpaired) electrons. The van der Waals surface area contributed by atoms with Crippen molar-refractivity contribution in [2.24, 2.45) is 5.92 Å². The second kappa shape index (κ2) is 44.5. The second-order valence-corrected chi connectivity index (χ2v) is 23.6. The van der Waals surface area contributed by atoms with Crippen LogP contribution in [-0.2, 0) is 39.8 Å². The number of aromatic nitrogens is 1. The monoisotopic (exact) mass is 1180 g/mol. The lowest BCUT2D eigenvalue weighted by molar-refractivity contribution is -0.167. The van der Waals surface area contributed by atoms with E-state index < -0.39 is 12.1 Å². The van der Waals surface area contributed by atoms with Crippen LogP contribution in [0.4, 0.5) is 0 Å². The molecule has 12 heteroatoms. The number of rotatable bonds is 45. The van der Waals surface area contributed by atoms with E-state index in [2.05, 4.69) is 90.3 Å². The van der Waals surface area contributed by atoms with Crippen molar-refractivity contribution in [3.05, 3.63) is 64.3 Å². The molecule has 80 heavy (non-hydrogen) atoms. The fraction of sp³-hybridized carbons (Fsp3) is 0.721. The van der Waals surface area contributed by atoms with Crippen LogP contribution in [0.3, 0.4) is 0 Å². The summed E-state index contributed by atoms with van der Waals surface area (Å²) in [6.45, 7) is 12.8. The number of fused-ring (bicyclic) bond motifs is 2. The predicted molar refractivity (Wildman–Crippen MR) is 335 cm³/mol. The van der Waals surface area contributed by atoms with Crippen molar-refractivity contribution in [1.29, 1.82) is 0 Å². The first-order chi connectivity index (χ1) is 39.0. The van der Waals surface area contributed by atoms with Crippen LogP contribution in [0.15, 0.2) is 53.2 Å². The number of likely N-dealkylation sites (N-methyl/N-ethyl adjacent to an activating group) is 1. The molecule has 452 valence electrons. The van der Waals surface area contributed by atoms with Gasteiger partial charge in [-0.25, -0.2) is 0 Å². The highest BCUT2D eigenvalue weighted by Gasteiger charge is 2.34. The summed E-state index contributed by atoms with van der Waals surface area (Å²) >= 11 is 3.84. The second-order valence-electron chi connectivity index (χ2n) is 22.9. The normalized spacial score (nSPS) is 14.5. The maximum Gasteiger partial charge on any atom is 0.306 e. The van der Waals surface area contributed by atoms with Gasteiger partial charge in [-0.1, -0.05) is 179 Å². The molecule has 1 aromatic carbocycles. The first-order valence-electron chi connectivity index (χ1n) is 32.2. The first kappa shape index (κ1) is 70.2. The van der Waals surface area contributed by atoms with E-state index in [9.17, 15) is 24.0 Å². The van der Waals surface area contributed by atoms with Gasteiger partial charge in [0.2, 0.25) is 12.3 Å². The number of halogens is 1. The average molecular weight is 1180 g/mol. The summed E-state index contributed by atoms with van der Waals surface area (Å²) in [5.41, 5.74) is 4.79. The Morgan fingerprint density at radius 3 is 1.62 bits per heavy atom. The number of benzene rings is 1. The van der Waals surface area contributed by atoms with E-state index >= 15 is 0 Å². The molecule has 2 atom stereocenters. The van der Waals surface area contributed by atoms with Crippen LogP contribution >= 0.6 is 15.9 Å². The molecule has 1 aromatic heterocycles. The zero-order chi connectivity index (χ0) is 58.0. The lowest BCUT2D eigenvalue weighted by Crippen LogP contribution is -2.39. The number of allylic oxidation sites excluding steroid dienone is 4. The van der Waals surface area contributed by atoms with Gasteiger partial charge >= 0.3 is 17.9 Å². The third kappa shape index (κ3) is 28.8. The van der Waals surface area contributed by atoms with Gasteiger partial charge in [0.25, 0.3) is 0 Å². The summed E-state index contributed by atoms with van der Waals surface area (Å²) in [7, 11) is 2.19. The lowest BCUT2D eigenvalue weighted by Gasteiger charge is -2.37. The van der Waals surface area contributed by atoms with Gasteiger partial charge in [0.05, 0.1) is 10.1 Å². The molecule has 0 saturated carbocycles. The zero-order valence-electron chi connectivity index (χ0n) is 51.2. The molecular formula is C68H110BrN3O8. The summed E-state index contributed by atoms with van der Waals surface area (Å²) in [6.07, 6.45) is 47.9. The Morgan fingerprint density at radius 1 is 0.650 bits per heavy atom. The standard InChI is InChI=1S/C63H99BrN2O7.C5H11NO/c1-5-7-9-11-13-15-17-19-21-23-25-27-29-31-33-44-59(68)71-49-52(50-72-60(69)45-34-32-30-28-26-24-22-20-18-16-14-12-10-8-6-2)73-61(70)47-51(3)39-35-36-43-58(67)66-56-42-37-40-54-53-41-38-46-65(4)57(53)48-55(62(54)56)63(66)64;1-3-6(4-2)5-7/h19-22,37,40-42,51-52,57H,5-18,23-36,38-39,43-50H2,1-4H3;5H,3-4H2,1-2H3/b21-19-,22-20-;. The van der Waals surface area contributed by atoms with E-state index in [1.165, 1.54) is 125 Å². The quantitative estimate of drug-likeness (QED) is 0.0210. The Bertz CT molecular complexity index is 2070. The number of carbonyl (C=O) groups is 5. The molecule has 4 rings (SSSR count). The molecule has 2 aromatic rings. The fourth-order valence-electron chi connectivity index (χ4n) is 10.9.